The summed E-state index contributed by atoms with van der Waals surface area (Å²) >= 11 is 0. The van der Waals surface area contributed by atoms with E-state index in [1.807, 2.05) is 46.8 Å². The van der Waals surface area contributed by atoms with Gasteiger partial charge in [0.25, 0.3) is 0 Å². The number of nitrogens with one attached hydrogen (secondary N) is 11. The number of aryl methyl sites for hydroxylation is 1. The normalized spacial score (nSPS) is 13.9. The fourth-order valence-corrected chi connectivity index (χ4v) is 8.80. The Morgan fingerprint density at radius 3 is 1.49 bits per heavy atom. The number of hydrogen-bond donors (Lipinski definition) is 16. The van der Waals surface area contributed by atoms with Crippen molar-refractivity contribution in [2.75, 3.05) is 26.2 Å². The monoisotopic (exact) mass is 1170 g/mol. The lowest BCUT2D eigenvalue weighted by atomic mass is 9.84. The van der Waals surface area contributed by atoms with Gasteiger partial charge in [-0.05, 0) is 119 Å². The molecule has 0 saturated heterocycles. The van der Waals surface area contributed by atoms with Crippen LogP contribution in [0.4, 0.5) is 4.79 Å². The summed E-state index contributed by atoms with van der Waals surface area (Å²) < 4.78 is 0. The zero-order valence-corrected chi connectivity index (χ0v) is 49.5. The summed E-state index contributed by atoms with van der Waals surface area (Å²) in [5.41, 5.74) is 11.1. The molecule has 25 nitrogen and oxygen atoms in total. The molecule has 0 radical (unpaired) electrons. The van der Waals surface area contributed by atoms with Crippen LogP contribution in [-0.2, 0) is 57.6 Å². The fourth-order valence-electron chi connectivity index (χ4n) is 8.80. The number of rotatable bonds is 34. The molecule has 462 valence electrons. The third-order valence-corrected chi connectivity index (χ3v) is 13.1. The van der Waals surface area contributed by atoms with E-state index in [0.29, 0.717) is 17.5 Å². The highest BCUT2D eigenvalue weighted by atomic mass is 16.3. The molecule has 0 saturated carbocycles. The van der Waals surface area contributed by atoms with Crippen LogP contribution >= 0.6 is 0 Å². The molecule has 0 aliphatic heterocycles. The highest BCUT2D eigenvalue weighted by molar-refractivity contribution is 5.98. The van der Waals surface area contributed by atoms with Gasteiger partial charge < -0.3 is 80.0 Å². The Kier molecular flexibility index (Phi) is 28.6. The highest BCUT2D eigenvalue weighted by Crippen LogP contribution is 2.21. The third-order valence-electron chi connectivity index (χ3n) is 13.1. The molecule has 9 amide bonds. The average molecular weight is 1170 g/mol. The van der Waals surface area contributed by atoms with Gasteiger partial charge in [0.05, 0.1) is 25.2 Å². The van der Waals surface area contributed by atoms with Crippen LogP contribution in [-0.4, -0.2) is 149 Å². The number of benzene rings is 3. The van der Waals surface area contributed by atoms with Gasteiger partial charge in [-0.1, -0.05) is 89.2 Å². The maximum absolute atomic E-state index is 14.6. The average Bonchev–Trinajstić information content (AvgIpc) is 3.61. The van der Waals surface area contributed by atoms with Gasteiger partial charge in [0.1, 0.15) is 41.7 Å². The van der Waals surface area contributed by atoms with Crippen molar-refractivity contribution in [2.45, 2.75) is 161 Å². The molecule has 84 heavy (non-hydrogen) atoms. The Morgan fingerprint density at radius 1 is 0.512 bits per heavy atom. The standard InChI is InChI=1S/C59H89N13O12/c1-35(2)30-45(53(81)68-44(49(77)58(3,4)5)31-37-18-23-39(74)24-19-37)69-54(82)46(32-38-20-25-40(75)26-21-38)70-51(79)42(27-22-36-14-10-9-11-15-36)66-48(76)33-65-50(78)41(16-12-29-64-57(62)84)67-55(83)47(34-73)71-52(80)43(72-59(6,7)8)17-13-28-63-56(60)61/h9-11,14-15,18-21,23-26,35,41-47,72-75H,12-13,16-17,22,27-34H2,1-8H3,(H,65,78)(H,66,76)(H,67,83)(H,68,81)(H,69,82)(H,70,79)(H,71,80)(H4,60,61,63)(H3,62,64,84)/t41-,42-,43-,44-,45-,46-,47-/m0/s1. The zero-order valence-electron chi connectivity index (χ0n) is 49.5. The van der Waals surface area contributed by atoms with E-state index in [1.165, 1.54) is 24.3 Å². The maximum Gasteiger partial charge on any atom is 0.312 e. The first-order valence-corrected chi connectivity index (χ1v) is 28.2. The zero-order chi connectivity index (χ0) is 62.7. The molecule has 0 spiro atoms. The van der Waals surface area contributed by atoms with Crippen molar-refractivity contribution < 1.29 is 58.5 Å². The molecule has 3 rings (SSSR count). The largest absolute Gasteiger partial charge is 0.508 e. The molecule has 7 atom stereocenters. The second kappa shape index (κ2) is 34.3. The topological polar surface area (TPSA) is 411 Å². The van der Waals surface area contributed by atoms with Crippen LogP contribution in [0.2, 0.25) is 0 Å². The van der Waals surface area contributed by atoms with Gasteiger partial charge in [0, 0.05) is 30.5 Å². The minimum absolute atomic E-state index is 0.00701. The Labute approximate surface area is 491 Å². The van der Waals surface area contributed by atoms with E-state index >= 15 is 0 Å². The number of aliphatic hydroxyl groups is 1. The van der Waals surface area contributed by atoms with Crippen molar-refractivity contribution in [1.29, 1.82) is 5.41 Å². The summed E-state index contributed by atoms with van der Waals surface area (Å²) in [5.74, 6) is -6.26. The van der Waals surface area contributed by atoms with Crippen molar-refractivity contribution in [1.82, 2.24) is 53.2 Å². The molecule has 0 heterocycles. The van der Waals surface area contributed by atoms with E-state index < -0.39 is 114 Å². The van der Waals surface area contributed by atoms with E-state index in [4.69, 9.17) is 16.9 Å². The van der Waals surface area contributed by atoms with Crippen molar-refractivity contribution in [3.05, 3.63) is 95.6 Å². The number of hydrogen-bond acceptors (Lipinski definition) is 14. The summed E-state index contributed by atoms with van der Waals surface area (Å²) in [6, 6.07) is 11.6. The number of carbonyl (C=O) groups is 9. The first kappa shape index (κ1) is 69.9. The number of carbonyl (C=O) groups excluding carboxylic acids is 9. The van der Waals surface area contributed by atoms with Crippen LogP contribution in [0, 0.1) is 16.7 Å². The molecular weight excluding hydrogens is 1080 g/mol. The summed E-state index contributed by atoms with van der Waals surface area (Å²) in [6.45, 7) is 13.0. The number of primary amides is 1. The van der Waals surface area contributed by atoms with Crippen LogP contribution in [0.1, 0.15) is 111 Å². The van der Waals surface area contributed by atoms with Gasteiger partial charge in [0.15, 0.2) is 11.7 Å². The quantitative estimate of drug-likeness (QED) is 0.0222. The molecule has 3 aromatic rings. The molecule has 3 aromatic carbocycles. The van der Waals surface area contributed by atoms with Crippen LogP contribution < -0.4 is 64.6 Å². The number of aromatic hydroxyl groups is 2. The van der Waals surface area contributed by atoms with Crippen LogP contribution in [0.5, 0.6) is 11.5 Å². The minimum Gasteiger partial charge on any atom is -0.508 e. The van der Waals surface area contributed by atoms with Crippen LogP contribution in [0.25, 0.3) is 0 Å². The number of urea groups is 1. The second-order valence-electron chi connectivity index (χ2n) is 23.2. The Bertz CT molecular complexity index is 2660. The van der Waals surface area contributed by atoms with Gasteiger partial charge in [-0.3, -0.25) is 43.8 Å². The number of Topliss-reactive ketones (excluding diaryl/α,β-unsaturated/α-hetero) is 1. The maximum atomic E-state index is 14.6. The Hall–Kier alpha value is -8.32. The fraction of sp³-hybridized carbons (Fsp3) is 0.525. The molecular formula is C59H89N13O12. The molecule has 0 bridgehead atoms. The number of nitrogens with two attached hydrogens (primary N) is 2. The third kappa shape index (κ3) is 26.7. The number of ketones is 1. The Balaban J connectivity index is 1.90. The number of amides is 9. The number of aliphatic hydroxyl groups excluding tert-OH is 1. The van der Waals surface area contributed by atoms with E-state index in [9.17, 15) is 58.5 Å². The molecule has 25 heteroatoms. The lowest BCUT2D eigenvalue weighted by Crippen LogP contribution is -2.60. The summed E-state index contributed by atoms with van der Waals surface area (Å²) in [5, 5.41) is 64.5. The summed E-state index contributed by atoms with van der Waals surface area (Å²) in [4.78, 5) is 124. The van der Waals surface area contributed by atoms with Gasteiger partial charge in [0.2, 0.25) is 41.4 Å². The SMILES string of the molecule is CC(C)C[C@H](NC(=O)[C@H](Cc1ccc(O)cc1)NC(=O)[C@H](CCc1ccccc1)NC(=O)CNC(=O)[C@H](CCCNC(N)=O)NC(=O)[C@H](CO)NC(=O)[C@H](CCCNC(=N)N)NC(C)(C)C)C(=O)N[C@@H](Cc1ccc(O)cc1)C(=O)C(C)(C)C. The van der Waals surface area contributed by atoms with Crippen molar-refractivity contribution in [3.8, 4) is 11.5 Å². The number of phenols is 2. The lowest BCUT2D eigenvalue weighted by Gasteiger charge is -2.29. The first-order valence-electron chi connectivity index (χ1n) is 28.2. The van der Waals surface area contributed by atoms with E-state index in [2.05, 4.69) is 53.2 Å². The smallest absolute Gasteiger partial charge is 0.312 e. The predicted octanol–water partition coefficient (Wildman–Crippen LogP) is 0.663. The first-order chi connectivity index (χ1) is 39.4. The molecule has 0 aliphatic rings. The summed E-state index contributed by atoms with van der Waals surface area (Å²) in [6.07, 6.45) is 0.948. The van der Waals surface area contributed by atoms with Gasteiger partial charge in [-0.15, -0.1) is 0 Å². The molecule has 0 aromatic heterocycles. The van der Waals surface area contributed by atoms with Gasteiger partial charge >= 0.3 is 6.03 Å². The molecule has 0 unspecified atom stereocenters. The van der Waals surface area contributed by atoms with Crippen LogP contribution in [0.15, 0.2) is 78.9 Å². The van der Waals surface area contributed by atoms with E-state index in [1.54, 1.807) is 63.2 Å². The highest BCUT2D eigenvalue weighted by Gasteiger charge is 2.36. The van der Waals surface area contributed by atoms with Gasteiger partial charge in [-0.2, -0.15) is 0 Å². The second-order valence-corrected chi connectivity index (χ2v) is 23.2. The van der Waals surface area contributed by atoms with E-state index in [0.717, 1.165) is 5.56 Å². The summed E-state index contributed by atoms with van der Waals surface area (Å²) in [7, 11) is 0. The van der Waals surface area contributed by atoms with Crippen molar-refractivity contribution in [2.24, 2.45) is 22.8 Å². The number of guanidine groups is 1. The molecule has 0 fully saturated rings. The van der Waals surface area contributed by atoms with Crippen molar-refractivity contribution >= 4 is 59.1 Å². The van der Waals surface area contributed by atoms with Crippen molar-refractivity contribution in [3.63, 3.8) is 0 Å². The number of phenolic OH excluding ortho intramolecular Hbond substituents is 2. The molecule has 18 N–H and O–H groups in total. The van der Waals surface area contributed by atoms with E-state index in [-0.39, 0.29) is 93.6 Å². The minimum atomic E-state index is -1.54. The predicted molar refractivity (Wildman–Crippen MR) is 317 cm³/mol. The molecule has 0 aliphatic carbocycles. The van der Waals surface area contributed by atoms with Gasteiger partial charge in [-0.25, -0.2) is 4.79 Å². The van der Waals surface area contributed by atoms with Crippen LogP contribution in [0.3, 0.4) is 0 Å². The Morgan fingerprint density at radius 2 is 0.964 bits per heavy atom. The lowest BCUT2D eigenvalue weighted by molar-refractivity contribution is -0.136.